The molecule has 1 amide bonds. The predicted octanol–water partition coefficient (Wildman–Crippen LogP) is 2.08. The van der Waals surface area contributed by atoms with Gasteiger partial charge in [-0.05, 0) is 19.1 Å². The van der Waals surface area contributed by atoms with Gasteiger partial charge >= 0.3 is 5.97 Å². The molecule has 0 radical (unpaired) electrons. The van der Waals surface area contributed by atoms with Crippen molar-refractivity contribution in [1.82, 2.24) is 4.98 Å². The Hall–Kier alpha value is -2.61. The average Bonchev–Trinajstić information content (AvgIpc) is 2.86. The smallest absolute Gasteiger partial charge is 0.350 e. The molecule has 0 spiro atoms. The van der Waals surface area contributed by atoms with Gasteiger partial charge in [0.15, 0.2) is 5.13 Å². The number of rotatable bonds is 4. The minimum absolute atomic E-state index is 0.290. The van der Waals surface area contributed by atoms with E-state index < -0.39 is 11.9 Å². The van der Waals surface area contributed by atoms with Crippen LogP contribution in [0.15, 0.2) is 18.2 Å². The molecule has 0 aliphatic rings. The Labute approximate surface area is 131 Å². The summed E-state index contributed by atoms with van der Waals surface area (Å²) in [6.45, 7) is 1.67. The number of methoxy groups -OCH3 is 2. The summed E-state index contributed by atoms with van der Waals surface area (Å²) in [4.78, 5) is 28.2. The molecule has 0 saturated carbocycles. The van der Waals surface area contributed by atoms with Gasteiger partial charge in [-0.25, -0.2) is 9.78 Å². The maximum atomic E-state index is 12.2. The molecule has 3 N–H and O–H groups in total. The van der Waals surface area contributed by atoms with Crippen molar-refractivity contribution in [1.29, 1.82) is 0 Å². The van der Waals surface area contributed by atoms with Crippen molar-refractivity contribution in [3.8, 4) is 5.75 Å². The molecule has 0 atom stereocenters. The zero-order valence-corrected chi connectivity index (χ0v) is 13.1. The Morgan fingerprint density at radius 2 is 2.05 bits per heavy atom. The van der Waals surface area contributed by atoms with Gasteiger partial charge in [-0.3, -0.25) is 10.1 Å². The summed E-state index contributed by atoms with van der Waals surface area (Å²) >= 11 is 1.05. The first-order chi connectivity index (χ1) is 10.5. The third-order valence-electron chi connectivity index (χ3n) is 2.89. The van der Waals surface area contributed by atoms with Gasteiger partial charge in [-0.15, -0.1) is 0 Å². The molecule has 0 saturated heterocycles. The van der Waals surface area contributed by atoms with Gasteiger partial charge < -0.3 is 15.2 Å². The minimum Gasteiger partial charge on any atom is -0.497 e. The molecule has 0 aliphatic heterocycles. The van der Waals surface area contributed by atoms with Crippen LogP contribution in [0.5, 0.6) is 5.75 Å². The molecule has 0 unspecified atom stereocenters. The molecule has 8 heteroatoms. The molecule has 7 nitrogen and oxygen atoms in total. The van der Waals surface area contributed by atoms with Crippen molar-refractivity contribution in [2.75, 3.05) is 25.3 Å². The standard InChI is InChI=1S/C14H15N3O4S/c1-7-11(13(19)21-3)22-14(16-7)17-12(18)9-5-4-8(20-2)6-10(9)15/h4-6H,15H2,1-3H3,(H,16,17,18). The fraction of sp³-hybridized carbons (Fsp3) is 0.214. The van der Waals surface area contributed by atoms with Gasteiger partial charge in [-0.1, -0.05) is 11.3 Å². The summed E-state index contributed by atoms with van der Waals surface area (Å²) in [6, 6.07) is 4.76. The Morgan fingerprint density at radius 1 is 1.32 bits per heavy atom. The number of nitrogens with one attached hydrogen (secondary N) is 1. The van der Waals surface area contributed by atoms with Crippen LogP contribution in [0.3, 0.4) is 0 Å². The molecular formula is C14H15N3O4S. The largest absolute Gasteiger partial charge is 0.497 e. The molecule has 22 heavy (non-hydrogen) atoms. The highest BCUT2D eigenvalue weighted by molar-refractivity contribution is 7.17. The fourth-order valence-electron chi connectivity index (χ4n) is 1.77. The summed E-state index contributed by atoms with van der Waals surface area (Å²) in [7, 11) is 2.80. The average molecular weight is 321 g/mol. The summed E-state index contributed by atoms with van der Waals surface area (Å²) in [5.41, 5.74) is 6.91. The van der Waals surface area contributed by atoms with E-state index in [1.807, 2.05) is 0 Å². The number of carbonyl (C=O) groups excluding carboxylic acids is 2. The van der Waals surface area contributed by atoms with E-state index in [1.165, 1.54) is 14.2 Å². The number of hydrogen-bond acceptors (Lipinski definition) is 7. The second kappa shape index (κ2) is 6.44. The highest BCUT2D eigenvalue weighted by Gasteiger charge is 2.18. The van der Waals surface area contributed by atoms with Gasteiger partial charge in [-0.2, -0.15) is 0 Å². The van der Waals surface area contributed by atoms with E-state index >= 15 is 0 Å². The number of ether oxygens (including phenoxy) is 2. The molecule has 2 aromatic rings. The van der Waals surface area contributed by atoms with Gasteiger partial charge in [0.05, 0.1) is 25.5 Å². The molecule has 1 heterocycles. The van der Waals surface area contributed by atoms with Crippen molar-refractivity contribution in [2.24, 2.45) is 0 Å². The Morgan fingerprint density at radius 3 is 2.64 bits per heavy atom. The van der Waals surface area contributed by atoms with Crippen LogP contribution >= 0.6 is 11.3 Å². The van der Waals surface area contributed by atoms with Crippen molar-refractivity contribution in [3.05, 3.63) is 34.3 Å². The number of carbonyl (C=O) groups is 2. The number of nitrogens with two attached hydrogens (primary N) is 1. The lowest BCUT2D eigenvalue weighted by Crippen LogP contribution is -2.13. The number of nitrogens with zero attached hydrogens (tertiary/aromatic N) is 1. The van der Waals surface area contributed by atoms with Crippen molar-refractivity contribution >= 4 is 34.0 Å². The predicted molar refractivity (Wildman–Crippen MR) is 83.6 cm³/mol. The monoisotopic (exact) mass is 321 g/mol. The molecule has 1 aromatic heterocycles. The summed E-state index contributed by atoms with van der Waals surface area (Å²) in [6.07, 6.45) is 0. The van der Waals surface area contributed by atoms with E-state index in [1.54, 1.807) is 25.1 Å². The van der Waals surface area contributed by atoms with E-state index in [2.05, 4.69) is 15.0 Å². The highest BCUT2D eigenvalue weighted by atomic mass is 32.1. The van der Waals surface area contributed by atoms with Gasteiger partial charge in [0.2, 0.25) is 0 Å². The van der Waals surface area contributed by atoms with Crippen LogP contribution in [-0.4, -0.2) is 31.1 Å². The second-order valence-electron chi connectivity index (χ2n) is 4.33. The molecule has 0 fully saturated rings. The zero-order valence-electron chi connectivity index (χ0n) is 12.3. The molecular weight excluding hydrogens is 306 g/mol. The second-order valence-corrected chi connectivity index (χ2v) is 5.33. The van der Waals surface area contributed by atoms with E-state index in [0.29, 0.717) is 32.7 Å². The van der Waals surface area contributed by atoms with E-state index in [0.717, 1.165) is 11.3 Å². The lowest BCUT2D eigenvalue weighted by molar-refractivity contribution is 0.0605. The van der Waals surface area contributed by atoms with Crippen molar-refractivity contribution in [3.63, 3.8) is 0 Å². The number of hydrogen-bond donors (Lipinski definition) is 2. The number of benzene rings is 1. The van der Waals surface area contributed by atoms with E-state index in [-0.39, 0.29) is 0 Å². The maximum absolute atomic E-state index is 12.2. The van der Waals surface area contributed by atoms with Crippen molar-refractivity contribution < 1.29 is 19.1 Å². The van der Waals surface area contributed by atoms with Gasteiger partial charge in [0.1, 0.15) is 10.6 Å². The van der Waals surface area contributed by atoms with Crippen LogP contribution in [0, 0.1) is 6.92 Å². The van der Waals surface area contributed by atoms with E-state index in [9.17, 15) is 9.59 Å². The third-order valence-corrected chi connectivity index (χ3v) is 3.94. The number of aromatic nitrogens is 1. The molecule has 116 valence electrons. The minimum atomic E-state index is -0.487. The van der Waals surface area contributed by atoms with Crippen LogP contribution in [0.25, 0.3) is 0 Å². The Balaban J connectivity index is 2.20. The number of anilines is 2. The quantitative estimate of drug-likeness (QED) is 0.660. The van der Waals surface area contributed by atoms with Crippen LogP contribution in [-0.2, 0) is 4.74 Å². The van der Waals surface area contributed by atoms with Crippen LogP contribution in [0.1, 0.15) is 25.7 Å². The summed E-state index contributed by atoms with van der Waals surface area (Å²) in [5.74, 6) is -0.336. The third kappa shape index (κ3) is 3.17. The SMILES string of the molecule is COC(=O)c1sc(NC(=O)c2ccc(OC)cc2N)nc1C. The topological polar surface area (TPSA) is 104 Å². The molecule has 1 aromatic carbocycles. The molecule has 2 rings (SSSR count). The Bertz CT molecular complexity index is 727. The van der Waals surface area contributed by atoms with E-state index in [4.69, 9.17) is 10.5 Å². The Kier molecular flexibility index (Phi) is 4.62. The lowest BCUT2D eigenvalue weighted by Gasteiger charge is -2.07. The number of nitrogen functional groups attached to an aromatic ring is 1. The summed E-state index contributed by atoms with van der Waals surface area (Å²) in [5, 5.41) is 2.92. The van der Waals surface area contributed by atoms with Gasteiger partial charge in [0.25, 0.3) is 5.91 Å². The number of esters is 1. The first kappa shape index (κ1) is 15.8. The number of amides is 1. The molecule has 0 aliphatic carbocycles. The maximum Gasteiger partial charge on any atom is 0.350 e. The highest BCUT2D eigenvalue weighted by Crippen LogP contribution is 2.25. The first-order valence-corrected chi connectivity index (χ1v) is 7.08. The van der Waals surface area contributed by atoms with Crippen LogP contribution in [0.4, 0.5) is 10.8 Å². The fourth-order valence-corrected chi connectivity index (χ4v) is 2.65. The zero-order chi connectivity index (χ0) is 16.3. The number of aryl methyl sites for hydroxylation is 1. The first-order valence-electron chi connectivity index (χ1n) is 6.27. The lowest BCUT2D eigenvalue weighted by atomic mass is 10.1. The van der Waals surface area contributed by atoms with Crippen LogP contribution in [0.2, 0.25) is 0 Å². The van der Waals surface area contributed by atoms with Gasteiger partial charge in [0, 0.05) is 11.8 Å². The van der Waals surface area contributed by atoms with Crippen molar-refractivity contribution in [2.45, 2.75) is 6.92 Å². The normalized spacial score (nSPS) is 10.1. The summed E-state index contributed by atoms with van der Waals surface area (Å²) < 4.78 is 9.68. The molecule has 0 bridgehead atoms. The number of thiazole rings is 1. The van der Waals surface area contributed by atoms with Crippen LogP contribution < -0.4 is 15.8 Å².